The Bertz CT molecular complexity index is 1140. The average Bonchev–Trinajstić information content (AvgIpc) is 2.97. The van der Waals surface area contributed by atoms with Gasteiger partial charge in [0.1, 0.15) is 5.78 Å². The minimum Gasteiger partial charge on any atom is -0.342 e. The van der Waals surface area contributed by atoms with Gasteiger partial charge in [0.05, 0.1) is 0 Å². The summed E-state index contributed by atoms with van der Waals surface area (Å²) in [5.74, 6) is 1.53. The Hall–Kier alpha value is -2.68. The van der Waals surface area contributed by atoms with E-state index in [1.54, 1.807) is 0 Å². The highest BCUT2D eigenvalue weighted by molar-refractivity contribution is 5.86. The molecule has 2 rings (SSSR count). The van der Waals surface area contributed by atoms with Crippen molar-refractivity contribution in [2.45, 2.75) is 113 Å². The molecule has 0 spiro atoms. The summed E-state index contributed by atoms with van der Waals surface area (Å²) in [6.07, 6.45) is 12.1. The molecule has 3 heteroatoms. The number of carbonyl (C=O) groups is 2. The van der Waals surface area contributed by atoms with Crippen LogP contribution in [0.25, 0.3) is 5.57 Å². The molecule has 1 aromatic carbocycles. The number of hydrogen-bond acceptors (Lipinski definition) is 2. The Labute approximate surface area is 251 Å². The second-order valence-corrected chi connectivity index (χ2v) is 12.3. The van der Waals surface area contributed by atoms with Crippen molar-refractivity contribution in [3.05, 3.63) is 76.4 Å². The van der Waals surface area contributed by atoms with Crippen LogP contribution in [0.4, 0.5) is 0 Å². The van der Waals surface area contributed by atoms with Gasteiger partial charge in [0.15, 0.2) is 0 Å². The molecule has 0 bridgehead atoms. The minimum atomic E-state index is -0.174. The number of amides is 1. The molecule has 1 aromatic rings. The second-order valence-electron chi connectivity index (χ2n) is 12.3. The van der Waals surface area contributed by atoms with Crippen LogP contribution in [-0.4, -0.2) is 29.7 Å². The summed E-state index contributed by atoms with van der Waals surface area (Å²) < 4.78 is 0. The van der Waals surface area contributed by atoms with Crippen molar-refractivity contribution >= 4 is 17.3 Å². The molecule has 1 aliphatic heterocycles. The van der Waals surface area contributed by atoms with E-state index in [9.17, 15) is 9.59 Å². The number of nitrogens with zero attached hydrogens (tertiary/aromatic N) is 1. The average molecular weight is 560 g/mol. The molecule has 1 saturated heterocycles. The van der Waals surface area contributed by atoms with Crippen molar-refractivity contribution in [3.63, 3.8) is 0 Å². The number of carbonyl (C=O) groups excluding carboxylic acids is 2. The zero-order valence-corrected chi connectivity index (χ0v) is 27.6. The molecule has 41 heavy (non-hydrogen) atoms. The third-order valence-electron chi connectivity index (χ3n) is 9.22. The third-order valence-corrected chi connectivity index (χ3v) is 9.22. The van der Waals surface area contributed by atoms with Gasteiger partial charge in [-0.05, 0) is 97.1 Å². The highest BCUT2D eigenvalue weighted by Gasteiger charge is 2.29. The van der Waals surface area contributed by atoms with Crippen LogP contribution in [0.15, 0.2) is 59.7 Å². The van der Waals surface area contributed by atoms with Gasteiger partial charge in [-0.15, -0.1) is 0 Å². The lowest BCUT2D eigenvalue weighted by atomic mass is 9.80. The molecule has 2 unspecified atom stereocenters. The van der Waals surface area contributed by atoms with Crippen molar-refractivity contribution < 1.29 is 9.59 Å². The van der Waals surface area contributed by atoms with Crippen molar-refractivity contribution in [2.75, 3.05) is 13.1 Å². The van der Waals surface area contributed by atoms with Gasteiger partial charge >= 0.3 is 0 Å². The summed E-state index contributed by atoms with van der Waals surface area (Å²) in [4.78, 5) is 27.2. The fraction of sp³-hybridized carbons (Fsp3) is 0.579. The highest BCUT2D eigenvalue weighted by Crippen LogP contribution is 2.38. The molecule has 0 N–H and O–H groups in total. The maximum atomic E-state index is 13.2. The minimum absolute atomic E-state index is 0.164. The van der Waals surface area contributed by atoms with Crippen LogP contribution in [-0.2, 0) is 9.59 Å². The first kappa shape index (κ1) is 34.5. The van der Waals surface area contributed by atoms with Gasteiger partial charge in [-0.25, -0.2) is 0 Å². The lowest BCUT2D eigenvalue weighted by Crippen LogP contribution is -2.41. The fourth-order valence-corrected chi connectivity index (χ4v) is 6.14. The van der Waals surface area contributed by atoms with E-state index in [0.717, 1.165) is 45.2 Å². The molecule has 1 amide bonds. The molecular weight excluding hydrogens is 502 g/mol. The largest absolute Gasteiger partial charge is 0.342 e. The predicted molar refractivity (Wildman–Crippen MR) is 177 cm³/mol. The molecule has 226 valence electrons. The normalized spacial score (nSPS) is 17.4. The zero-order valence-electron chi connectivity index (χ0n) is 27.6. The van der Waals surface area contributed by atoms with Crippen molar-refractivity contribution in [1.82, 2.24) is 4.90 Å². The van der Waals surface area contributed by atoms with Crippen molar-refractivity contribution in [3.8, 4) is 0 Å². The van der Waals surface area contributed by atoms with Crippen LogP contribution in [0.3, 0.4) is 0 Å². The number of allylic oxidation sites excluding steroid dienone is 7. The molecule has 0 radical (unpaired) electrons. The third kappa shape index (κ3) is 9.15. The van der Waals surface area contributed by atoms with E-state index in [2.05, 4.69) is 85.4 Å². The SMILES string of the molecule is C=C/C=C(\C=C(\C)C(C)CC)C(/CC)=C(/c1cc(C2CCN(C(=O)C(CC)CC(=O)CC)CC2)ccc1C)C(C)C. The molecule has 1 fully saturated rings. The lowest BCUT2D eigenvalue weighted by Gasteiger charge is -2.34. The summed E-state index contributed by atoms with van der Waals surface area (Å²) in [5, 5.41) is 0. The number of rotatable bonds is 14. The summed E-state index contributed by atoms with van der Waals surface area (Å²) in [5.41, 5.74) is 9.53. The Morgan fingerprint density at radius 2 is 1.68 bits per heavy atom. The molecule has 0 aromatic heterocycles. The quantitative estimate of drug-likeness (QED) is 0.213. The van der Waals surface area contributed by atoms with Crippen LogP contribution >= 0.6 is 0 Å². The van der Waals surface area contributed by atoms with Crippen molar-refractivity contribution in [2.24, 2.45) is 17.8 Å². The van der Waals surface area contributed by atoms with Crippen molar-refractivity contribution in [1.29, 1.82) is 0 Å². The number of piperidine rings is 1. The van der Waals surface area contributed by atoms with Crippen LogP contribution in [0, 0.1) is 24.7 Å². The predicted octanol–water partition coefficient (Wildman–Crippen LogP) is 10.0. The van der Waals surface area contributed by atoms with Gasteiger partial charge in [-0.1, -0.05) is 97.0 Å². The van der Waals surface area contributed by atoms with Crippen LogP contribution in [0.5, 0.6) is 0 Å². The van der Waals surface area contributed by atoms with Gasteiger partial charge < -0.3 is 4.90 Å². The number of aryl methyl sites for hydroxylation is 1. The molecule has 3 nitrogen and oxygen atoms in total. The fourth-order valence-electron chi connectivity index (χ4n) is 6.14. The van der Waals surface area contributed by atoms with E-state index in [-0.39, 0.29) is 17.6 Å². The van der Waals surface area contributed by atoms with Gasteiger partial charge in [-0.2, -0.15) is 0 Å². The van der Waals surface area contributed by atoms with E-state index in [1.165, 1.54) is 39.0 Å². The molecule has 2 atom stereocenters. The second kappa shape index (κ2) is 16.7. The number of hydrogen-bond donors (Lipinski definition) is 0. The Kier molecular flexibility index (Phi) is 14.0. The van der Waals surface area contributed by atoms with Gasteiger partial charge in [0.25, 0.3) is 0 Å². The summed E-state index contributed by atoms with van der Waals surface area (Å²) >= 11 is 0. The maximum absolute atomic E-state index is 13.2. The first-order valence-electron chi connectivity index (χ1n) is 16.2. The number of likely N-dealkylation sites (tertiary alicyclic amines) is 1. The van der Waals surface area contributed by atoms with Gasteiger partial charge in [0.2, 0.25) is 5.91 Å². The first-order chi connectivity index (χ1) is 19.5. The van der Waals surface area contributed by atoms with E-state index >= 15 is 0 Å². The Morgan fingerprint density at radius 3 is 2.20 bits per heavy atom. The zero-order chi connectivity index (χ0) is 30.7. The van der Waals surface area contributed by atoms with E-state index in [4.69, 9.17) is 0 Å². The smallest absolute Gasteiger partial charge is 0.226 e. The highest BCUT2D eigenvalue weighted by atomic mass is 16.2. The monoisotopic (exact) mass is 559 g/mol. The van der Waals surface area contributed by atoms with Gasteiger partial charge in [-0.3, -0.25) is 9.59 Å². The Morgan fingerprint density at radius 1 is 1.02 bits per heavy atom. The van der Waals surface area contributed by atoms with E-state index < -0.39 is 0 Å². The van der Waals surface area contributed by atoms with Crippen LogP contribution in [0.1, 0.15) is 123 Å². The number of ketones is 1. The molecule has 0 aliphatic carbocycles. The van der Waals surface area contributed by atoms with Crippen LogP contribution < -0.4 is 0 Å². The molecule has 1 aliphatic rings. The summed E-state index contributed by atoms with van der Waals surface area (Å²) in [6, 6.07) is 7.03. The number of benzene rings is 1. The topological polar surface area (TPSA) is 37.4 Å². The lowest BCUT2D eigenvalue weighted by molar-refractivity contribution is -0.139. The Balaban J connectivity index is 2.42. The standard InChI is InChI=1S/C38H57NO2/c1-11-16-33(23-29(10)27(8)12-2)35(15-5)37(26(6)7)36-25-32(18-17-28(36)9)31-19-21-39(22-20-31)38(41)30(13-3)24-34(40)14-4/h11,16-18,23,25-27,30-31H,1,12-15,19-22,24H2,2-10H3/b29-23-,33-16+,37-35+. The molecule has 1 heterocycles. The van der Waals surface area contributed by atoms with E-state index in [0.29, 0.717) is 30.6 Å². The summed E-state index contributed by atoms with van der Waals surface area (Å²) in [6.45, 7) is 25.4. The first-order valence-corrected chi connectivity index (χ1v) is 16.2. The molecular formula is C38H57NO2. The van der Waals surface area contributed by atoms with E-state index in [1.807, 2.05) is 24.8 Å². The number of Topliss-reactive ketones (excluding diaryl/α,β-unsaturated/α-hetero) is 1. The molecule has 0 saturated carbocycles. The maximum Gasteiger partial charge on any atom is 0.226 e. The van der Waals surface area contributed by atoms with Gasteiger partial charge in [0, 0.05) is 31.8 Å². The van der Waals surface area contributed by atoms with Crippen LogP contribution in [0.2, 0.25) is 0 Å². The summed E-state index contributed by atoms with van der Waals surface area (Å²) in [7, 11) is 0.